The van der Waals surface area contributed by atoms with Crippen LogP contribution in [0.25, 0.3) is 0 Å². The lowest BCUT2D eigenvalue weighted by Crippen LogP contribution is -2.62. The van der Waals surface area contributed by atoms with E-state index in [2.05, 4.69) is 10.0 Å². The van der Waals surface area contributed by atoms with Gasteiger partial charge in [0.15, 0.2) is 0 Å². The van der Waals surface area contributed by atoms with Crippen molar-refractivity contribution in [2.75, 3.05) is 19.6 Å². The highest BCUT2D eigenvalue weighted by Gasteiger charge is 2.38. The number of hydrogen-bond donors (Lipinski definition) is 2. The molecule has 0 aromatic heterocycles. The summed E-state index contributed by atoms with van der Waals surface area (Å²) in [5, 5.41) is 3.20. The summed E-state index contributed by atoms with van der Waals surface area (Å²) in [4.78, 5) is 0. The van der Waals surface area contributed by atoms with Crippen molar-refractivity contribution in [2.24, 2.45) is 0 Å². The van der Waals surface area contributed by atoms with Gasteiger partial charge < -0.3 is 5.32 Å². The topological polar surface area (TPSA) is 61.4 Å². The second kappa shape index (κ2) is 4.37. The normalized spacial score (nSPS) is 23.3. The summed E-state index contributed by atoms with van der Waals surface area (Å²) in [6, 6.07) is -0.0688. The molecule has 0 saturated carbocycles. The van der Waals surface area contributed by atoms with E-state index in [0.29, 0.717) is 19.6 Å². The Bertz CT molecular complexity index is 311. The molecule has 0 aromatic rings. The van der Waals surface area contributed by atoms with E-state index >= 15 is 0 Å². The number of hydrogen-bond acceptors (Lipinski definition) is 3. The molecule has 5 nitrogen and oxygen atoms in total. The van der Waals surface area contributed by atoms with Gasteiger partial charge in [0.05, 0.1) is 0 Å². The third kappa shape index (κ3) is 3.14. The first-order chi connectivity index (χ1) is 6.76. The Morgan fingerprint density at radius 1 is 1.40 bits per heavy atom. The zero-order valence-electron chi connectivity index (χ0n) is 9.87. The van der Waals surface area contributed by atoms with Crippen molar-refractivity contribution in [3.05, 3.63) is 0 Å². The molecule has 0 aliphatic carbocycles. The van der Waals surface area contributed by atoms with E-state index in [-0.39, 0.29) is 11.6 Å². The summed E-state index contributed by atoms with van der Waals surface area (Å²) in [7, 11) is -3.35. The van der Waals surface area contributed by atoms with Gasteiger partial charge in [0.2, 0.25) is 0 Å². The smallest absolute Gasteiger partial charge is 0.280 e. The van der Waals surface area contributed by atoms with Crippen molar-refractivity contribution >= 4 is 10.2 Å². The van der Waals surface area contributed by atoms with Gasteiger partial charge in [-0.25, -0.2) is 0 Å². The Labute approximate surface area is 92.4 Å². The van der Waals surface area contributed by atoms with Gasteiger partial charge >= 0.3 is 0 Å². The molecule has 1 aliphatic rings. The van der Waals surface area contributed by atoms with Gasteiger partial charge in [-0.3, -0.25) is 0 Å². The highest BCUT2D eigenvalue weighted by molar-refractivity contribution is 7.87. The number of piperazine rings is 1. The van der Waals surface area contributed by atoms with Crippen LogP contribution in [-0.4, -0.2) is 43.9 Å². The molecule has 1 saturated heterocycles. The average molecular weight is 235 g/mol. The third-order valence-electron chi connectivity index (χ3n) is 2.40. The first kappa shape index (κ1) is 12.9. The van der Waals surface area contributed by atoms with Crippen LogP contribution in [0.15, 0.2) is 0 Å². The van der Waals surface area contributed by atoms with Crippen LogP contribution in [-0.2, 0) is 10.2 Å². The van der Waals surface area contributed by atoms with Crippen LogP contribution in [0.4, 0.5) is 0 Å². The molecule has 1 heterocycles. The minimum atomic E-state index is -3.35. The molecule has 1 fully saturated rings. The molecule has 15 heavy (non-hydrogen) atoms. The summed E-state index contributed by atoms with van der Waals surface area (Å²) >= 11 is 0. The first-order valence-corrected chi connectivity index (χ1v) is 6.70. The number of nitrogens with zero attached hydrogens (tertiary/aromatic N) is 1. The van der Waals surface area contributed by atoms with Crippen LogP contribution in [0.1, 0.15) is 27.7 Å². The largest absolute Gasteiger partial charge is 0.314 e. The molecule has 90 valence electrons. The molecule has 0 aromatic carbocycles. The Morgan fingerprint density at radius 3 is 2.47 bits per heavy atom. The predicted octanol–water partition coefficient (Wildman–Crippen LogP) is -0.0870. The van der Waals surface area contributed by atoms with Crippen LogP contribution in [0.2, 0.25) is 0 Å². The van der Waals surface area contributed by atoms with Crippen LogP contribution < -0.4 is 10.0 Å². The number of rotatable bonds is 3. The fraction of sp³-hybridized carbons (Fsp3) is 1.00. The molecule has 1 aliphatic heterocycles. The van der Waals surface area contributed by atoms with Crippen LogP contribution in [0, 0.1) is 0 Å². The second-order valence-electron chi connectivity index (χ2n) is 4.84. The van der Waals surface area contributed by atoms with E-state index in [4.69, 9.17) is 0 Å². The van der Waals surface area contributed by atoms with E-state index < -0.39 is 10.2 Å². The fourth-order valence-corrected chi connectivity index (χ4v) is 3.54. The van der Waals surface area contributed by atoms with Gasteiger partial charge in [0.1, 0.15) is 0 Å². The SMILES string of the molecule is CC(C)NS(=O)(=O)N1CCNCC1(C)C. The molecule has 1 rings (SSSR count). The van der Waals surface area contributed by atoms with E-state index in [9.17, 15) is 8.42 Å². The molecule has 2 N–H and O–H groups in total. The van der Waals surface area contributed by atoms with Crippen molar-refractivity contribution in [1.29, 1.82) is 0 Å². The van der Waals surface area contributed by atoms with Crippen LogP contribution >= 0.6 is 0 Å². The zero-order valence-corrected chi connectivity index (χ0v) is 10.7. The van der Waals surface area contributed by atoms with E-state index in [0.717, 1.165) is 0 Å². The molecule has 0 spiro atoms. The monoisotopic (exact) mass is 235 g/mol. The van der Waals surface area contributed by atoms with Crippen molar-refractivity contribution < 1.29 is 8.42 Å². The molecule has 0 unspecified atom stereocenters. The average Bonchev–Trinajstić information content (AvgIpc) is 1.99. The Hall–Kier alpha value is -0.170. The standard InChI is InChI=1S/C9H21N3O2S/c1-8(2)11-15(13,14)12-6-5-10-7-9(12,3)4/h8,10-11H,5-7H2,1-4H3. The van der Waals surface area contributed by atoms with Gasteiger partial charge in [-0.2, -0.15) is 17.4 Å². The maximum Gasteiger partial charge on any atom is 0.280 e. The van der Waals surface area contributed by atoms with E-state index in [1.807, 2.05) is 27.7 Å². The van der Waals surface area contributed by atoms with Crippen LogP contribution in [0.3, 0.4) is 0 Å². The molecular weight excluding hydrogens is 214 g/mol. The maximum atomic E-state index is 12.0. The summed E-state index contributed by atoms with van der Waals surface area (Å²) in [5.74, 6) is 0. The van der Waals surface area contributed by atoms with Crippen molar-refractivity contribution in [3.8, 4) is 0 Å². The molecule has 0 amide bonds. The molecular formula is C9H21N3O2S. The number of nitrogens with one attached hydrogen (secondary N) is 2. The fourth-order valence-electron chi connectivity index (χ4n) is 1.77. The summed E-state index contributed by atoms with van der Waals surface area (Å²) in [6.45, 7) is 9.43. The lowest BCUT2D eigenvalue weighted by atomic mass is 10.0. The van der Waals surface area contributed by atoms with Gasteiger partial charge in [-0.15, -0.1) is 0 Å². The zero-order chi connectivity index (χ0) is 11.7. The highest BCUT2D eigenvalue weighted by atomic mass is 32.2. The Morgan fingerprint density at radius 2 is 2.00 bits per heavy atom. The van der Waals surface area contributed by atoms with Crippen molar-refractivity contribution in [3.63, 3.8) is 0 Å². The molecule has 0 bridgehead atoms. The third-order valence-corrected chi connectivity index (χ3v) is 4.43. The quantitative estimate of drug-likeness (QED) is 0.719. The van der Waals surface area contributed by atoms with Gasteiger partial charge in [0.25, 0.3) is 10.2 Å². The lowest BCUT2D eigenvalue weighted by Gasteiger charge is -2.41. The minimum absolute atomic E-state index is 0.0688. The lowest BCUT2D eigenvalue weighted by molar-refractivity contribution is 0.183. The first-order valence-electron chi connectivity index (χ1n) is 5.26. The van der Waals surface area contributed by atoms with Gasteiger partial charge in [0, 0.05) is 31.2 Å². The van der Waals surface area contributed by atoms with Gasteiger partial charge in [-0.05, 0) is 27.7 Å². The molecule has 0 radical (unpaired) electrons. The second-order valence-corrected chi connectivity index (χ2v) is 6.47. The summed E-state index contributed by atoms with van der Waals surface area (Å²) in [6.07, 6.45) is 0. The van der Waals surface area contributed by atoms with Gasteiger partial charge in [-0.1, -0.05) is 0 Å². The van der Waals surface area contributed by atoms with Crippen molar-refractivity contribution in [1.82, 2.24) is 14.3 Å². The molecule has 0 atom stereocenters. The highest BCUT2D eigenvalue weighted by Crippen LogP contribution is 2.19. The summed E-state index contributed by atoms with van der Waals surface area (Å²) in [5.41, 5.74) is -0.362. The molecule has 6 heteroatoms. The van der Waals surface area contributed by atoms with E-state index in [1.54, 1.807) is 0 Å². The van der Waals surface area contributed by atoms with Crippen molar-refractivity contribution in [2.45, 2.75) is 39.3 Å². The minimum Gasteiger partial charge on any atom is -0.314 e. The Balaban J connectivity index is 2.85. The summed E-state index contributed by atoms with van der Waals surface area (Å²) < 4.78 is 28.2. The Kier molecular flexibility index (Phi) is 3.76. The predicted molar refractivity (Wildman–Crippen MR) is 60.8 cm³/mol. The van der Waals surface area contributed by atoms with E-state index in [1.165, 1.54) is 4.31 Å². The van der Waals surface area contributed by atoms with Crippen LogP contribution in [0.5, 0.6) is 0 Å². The maximum absolute atomic E-state index is 12.0.